The molecule has 0 aliphatic carbocycles. The summed E-state index contributed by atoms with van der Waals surface area (Å²) in [5.74, 6) is -0.998. The van der Waals surface area contributed by atoms with Crippen molar-refractivity contribution in [1.82, 2.24) is 9.88 Å². The molecule has 0 atom stereocenters. The van der Waals surface area contributed by atoms with E-state index in [1.165, 1.54) is 18.2 Å². The minimum atomic E-state index is -0.499. The van der Waals surface area contributed by atoms with Crippen molar-refractivity contribution in [1.29, 1.82) is 0 Å². The van der Waals surface area contributed by atoms with Gasteiger partial charge in [0, 0.05) is 24.0 Å². The van der Waals surface area contributed by atoms with E-state index in [0.717, 1.165) is 18.7 Å². The molecule has 0 fully saturated rings. The van der Waals surface area contributed by atoms with E-state index in [4.69, 9.17) is 0 Å². The molecule has 2 rings (SSSR count). The van der Waals surface area contributed by atoms with Crippen molar-refractivity contribution >= 4 is 0 Å². The highest BCUT2D eigenvalue weighted by molar-refractivity contribution is 5.21. The number of hydrogen-bond acceptors (Lipinski definition) is 1. The second-order valence-corrected chi connectivity index (χ2v) is 4.50. The highest BCUT2D eigenvalue weighted by Gasteiger charge is 2.10. The molecular weight excluding hydrogens is 246 g/mol. The Morgan fingerprint density at radius 2 is 1.84 bits per heavy atom. The summed E-state index contributed by atoms with van der Waals surface area (Å²) in [6, 6.07) is 7.81. The lowest BCUT2D eigenvalue weighted by atomic mass is 10.2. The second kappa shape index (κ2) is 6.48. The molecule has 0 aliphatic heterocycles. The predicted molar refractivity (Wildman–Crippen MR) is 71.9 cm³/mol. The van der Waals surface area contributed by atoms with Gasteiger partial charge in [-0.3, -0.25) is 0 Å². The zero-order valence-corrected chi connectivity index (χ0v) is 11.0. The minimum Gasteiger partial charge on any atom is -0.346 e. The lowest BCUT2D eigenvalue weighted by Crippen LogP contribution is -2.17. The molecule has 0 unspecified atom stereocenters. The second-order valence-electron chi connectivity index (χ2n) is 4.50. The number of benzene rings is 1. The molecule has 0 radical (unpaired) electrons. The number of aromatic nitrogens is 1. The van der Waals surface area contributed by atoms with Crippen LogP contribution in [0.1, 0.15) is 24.6 Å². The first-order valence-electron chi connectivity index (χ1n) is 6.50. The molecule has 0 spiro atoms. The molecule has 19 heavy (non-hydrogen) atoms. The number of halogens is 2. The molecule has 102 valence electrons. The standard InChI is InChI=1S/C15H18F2N2/c1-2-8-18-10-12-5-4-9-19(12)11-13-14(16)6-3-7-15(13)17/h3-7,9,18H,2,8,10-11H2,1H3. The zero-order chi connectivity index (χ0) is 13.7. The summed E-state index contributed by atoms with van der Waals surface area (Å²) in [7, 11) is 0. The molecule has 2 nitrogen and oxygen atoms in total. The third-order valence-electron chi connectivity index (χ3n) is 3.05. The summed E-state index contributed by atoms with van der Waals surface area (Å²) in [6.45, 7) is 3.95. The maximum absolute atomic E-state index is 13.6. The monoisotopic (exact) mass is 264 g/mol. The fourth-order valence-electron chi connectivity index (χ4n) is 2.01. The largest absolute Gasteiger partial charge is 0.346 e. The van der Waals surface area contributed by atoms with Crippen molar-refractivity contribution in [3.05, 3.63) is 59.4 Å². The van der Waals surface area contributed by atoms with Crippen molar-refractivity contribution < 1.29 is 8.78 Å². The number of hydrogen-bond donors (Lipinski definition) is 1. The SMILES string of the molecule is CCCNCc1cccn1Cc1c(F)cccc1F. The van der Waals surface area contributed by atoms with Crippen LogP contribution >= 0.6 is 0 Å². The van der Waals surface area contributed by atoms with Crippen LogP contribution in [0.2, 0.25) is 0 Å². The van der Waals surface area contributed by atoms with E-state index in [-0.39, 0.29) is 12.1 Å². The summed E-state index contributed by atoms with van der Waals surface area (Å²) in [5, 5.41) is 3.28. The summed E-state index contributed by atoms with van der Waals surface area (Å²) in [5.41, 5.74) is 1.13. The minimum absolute atomic E-state index is 0.107. The van der Waals surface area contributed by atoms with Crippen LogP contribution in [0.3, 0.4) is 0 Å². The molecule has 4 heteroatoms. The maximum Gasteiger partial charge on any atom is 0.131 e. The Bertz CT molecular complexity index is 514. The number of nitrogens with zero attached hydrogens (tertiary/aromatic N) is 1. The van der Waals surface area contributed by atoms with Crippen LogP contribution in [-0.2, 0) is 13.1 Å². The molecule has 1 heterocycles. The predicted octanol–water partition coefficient (Wildman–Crippen LogP) is 3.31. The number of nitrogens with one attached hydrogen (secondary N) is 1. The molecular formula is C15H18F2N2. The molecule has 1 aromatic heterocycles. The van der Waals surface area contributed by atoms with Crippen molar-refractivity contribution in [3.63, 3.8) is 0 Å². The quantitative estimate of drug-likeness (QED) is 0.792. The van der Waals surface area contributed by atoms with Gasteiger partial charge < -0.3 is 9.88 Å². The Morgan fingerprint density at radius 3 is 2.53 bits per heavy atom. The van der Waals surface area contributed by atoms with Gasteiger partial charge in [0.25, 0.3) is 0 Å². The molecule has 0 saturated carbocycles. The molecule has 0 saturated heterocycles. The fraction of sp³-hybridized carbons (Fsp3) is 0.333. The highest BCUT2D eigenvalue weighted by atomic mass is 19.1. The van der Waals surface area contributed by atoms with Crippen molar-refractivity contribution in [2.75, 3.05) is 6.54 Å². The average molecular weight is 264 g/mol. The van der Waals surface area contributed by atoms with Gasteiger partial charge >= 0.3 is 0 Å². The Balaban J connectivity index is 2.13. The third kappa shape index (κ3) is 3.41. The lowest BCUT2D eigenvalue weighted by Gasteiger charge is -2.11. The van der Waals surface area contributed by atoms with Gasteiger partial charge in [0.15, 0.2) is 0 Å². The zero-order valence-electron chi connectivity index (χ0n) is 11.0. The third-order valence-corrected chi connectivity index (χ3v) is 3.05. The molecule has 0 bridgehead atoms. The summed E-state index contributed by atoms with van der Waals surface area (Å²) in [4.78, 5) is 0. The van der Waals surface area contributed by atoms with E-state index in [2.05, 4.69) is 12.2 Å². The first kappa shape index (κ1) is 13.7. The van der Waals surface area contributed by atoms with Gasteiger partial charge in [-0.05, 0) is 37.2 Å². The topological polar surface area (TPSA) is 17.0 Å². The van der Waals surface area contributed by atoms with Crippen LogP contribution in [0.5, 0.6) is 0 Å². The Labute approximate surface area is 112 Å². The normalized spacial score (nSPS) is 10.9. The van der Waals surface area contributed by atoms with Crippen molar-refractivity contribution in [3.8, 4) is 0 Å². The summed E-state index contributed by atoms with van der Waals surface area (Å²) >= 11 is 0. The first-order chi connectivity index (χ1) is 9.22. The van der Waals surface area contributed by atoms with Crippen LogP contribution < -0.4 is 5.32 Å². The van der Waals surface area contributed by atoms with Gasteiger partial charge in [-0.25, -0.2) is 8.78 Å². The molecule has 0 aliphatic rings. The van der Waals surface area contributed by atoms with Gasteiger partial charge in [-0.2, -0.15) is 0 Å². The highest BCUT2D eigenvalue weighted by Crippen LogP contribution is 2.15. The van der Waals surface area contributed by atoms with Gasteiger partial charge in [-0.15, -0.1) is 0 Å². The van der Waals surface area contributed by atoms with E-state index in [0.29, 0.717) is 6.54 Å². The van der Waals surface area contributed by atoms with Crippen LogP contribution in [0, 0.1) is 11.6 Å². The van der Waals surface area contributed by atoms with E-state index in [9.17, 15) is 8.78 Å². The van der Waals surface area contributed by atoms with E-state index < -0.39 is 11.6 Å². The average Bonchev–Trinajstić information content (AvgIpc) is 2.82. The Morgan fingerprint density at radius 1 is 1.11 bits per heavy atom. The number of rotatable bonds is 6. The van der Waals surface area contributed by atoms with Crippen molar-refractivity contribution in [2.45, 2.75) is 26.4 Å². The van der Waals surface area contributed by atoms with Crippen molar-refractivity contribution in [2.24, 2.45) is 0 Å². The Hall–Kier alpha value is -1.68. The van der Waals surface area contributed by atoms with Gasteiger partial charge in [0.1, 0.15) is 11.6 Å². The maximum atomic E-state index is 13.6. The molecule has 0 amide bonds. The smallest absolute Gasteiger partial charge is 0.131 e. The summed E-state index contributed by atoms with van der Waals surface area (Å²) in [6.07, 6.45) is 2.90. The lowest BCUT2D eigenvalue weighted by molar-refractivity contribution is 0.538. The van der Waals surface area contributed by atoms with Crippen LogP contribution in [0.15, 0.2) is 36.5 Å². The van der Waals surface area contributed by atoms with Gasteiger partial charge in [0.05, 0.1) is 6.54 Å². The molecule has 1 aromatic carbocycles. The first-order valence-corrected chi connectivity index (χ1v) is 6.50. The van der Waals surface area contributed by atoms with E-state index in [1.54, 1.807) is 0 Å². The molecule has 1 N–H and O–H groups in total. The van der Waals surface area contributed by atoms with Gasteiger partial charge in [0.2, 0.25) is 0 Å². The van der Waals surface area contributed by atoms with Crippen LogP contribution in [-0.4, -0.2) is 11.1 Å². The van der Waals surface area contributed by atoms with Gasteiger partial charge in [-0.1, -0.05) is 13.0 Å². The summed E-state index contributed by atoms with van der Waals surface area (Å²) < 4.78 is 29.1. The van der Waals surface area contributed by atoms with E-state index in [1.807, 2.05) is 22.9 Å². The fourth-order valence-corrected chi connectivity index (χ4v) is 2.01. The van der Waals surface area contributed by atoms with Crippen LogP contribution in [0.4, 0.5) is 8.78 Å². The van der Waals surface area contributed by atoms with E-state index >= 15 is 0 Å². The molecule has 2 aromatic rings. The Kier molecular flexibility index (Phi) is 4.68. The van der Waals surface area contributed by atoms with Crippen LogP contribution in [0.25, 0.3) is 0 Å².